The molecule has 0 aromatic heterocycles. The van der Waals surface area contributed by atoms with Gasteiger partial charge < -0.3 is 4.90 Å². The number of rotatable bonds is 4. The predicted molar refractivity (Wildman–Crippen MR) is 119 cm³/mol. The first kappa shape index (κ1) is 18.1. The van der Waals surface area contributed by atoms with Crippen molar-refractivity contribution in [2.75, 3.05) is 18.1 Å². The fourth-order valence-corrected chi connectivity index (χ4v) is 4.92. The van der Waals surface area contributed by atoms with Gasteiger partial charge in [0.05, 0.1) is 12.7 Å². The number of anilines is 1. The molecule has 0 radical (unpaired) electrons. The van der Waals surface area contributed by atoms with Crippen molar-refractivity contribution in [1.29, 1.82) is 0 Å². The van der Waals surface area contributed by atoms with Crippen LogP contribution in [0, 0.1) is 0 Å². The minimum atomic E-state index is -0.498. The Morgan fingerprint density at radius 2 is 1.46 bits per heavy atom. The van der Waals surface area contributed by atoms with E-state index in [1.54, 1.807) is 0 Å². The van der Waals surface area contributed by atoms with Gasteiger partial charge in [-0.15, -0.1) is 0 Å². The second-order valence-electron chi connectivity index (χ2n) is 7.36. The van der Waals surface area contributed by atoms with Gasteiger partial charge in [0.2, 0.25) is 0 Å². The van der Waals surface area contributed by atoms with Crippen molar-refractivity contribution in [2.24, 2.45) is 0 Å². The van der Waals surface area contributed by atoms with Crippen molar-refractivity contribution in [3.63, 3.8) is 0 Å². The molecule has 3 nitrogen and oxygen atoms in total. The molecule has 0 aliphatic carbocycles. The fraction of sp³-hybridized carbons (Fsp3) is 0.174. The van der Waals surface area contributed by atoms with Crippen LogP contribution in [0.2, 0.25) is 0 Å². The summed E-state index contributed by atoms with van der Waals surface area (Å²) in [5, 5.41) is 0. The predicted octanol–water partition coefficient (Wildman–Crippen LogP) is 5.67. The largest absolute Gasteiger partial charge is 0.356 e. The van der Waals surface area contributed by atoms with Gasteiger partial charge in [0.1, 0.15) is 5.54 Å². The van der Waals surface area contributed by atoms with Crippen LogP contribution in [0.3, 0.4) is 0 Å². The molecule has 1 unspecified atom stereocenters. The molecule has 0 saturated carbocycles. The molecule has 2 aliphatic heterocycles. The van der Waals surface area contributed by atoms with Crippen LogP contribution in [0.25, 0.3) is 0 Å². The molecule has 0 bridgehead atoms. The van der Waals surface area contributed by atoms with Gasteiger partial charge in [0.15, 0.2) is 5.78 Å². The number of halogens is 2. The van der Waals surface area contributed by atoms with Gasteiger partial charge in [-0.25, -0.2) is 0 Å². The number of nitrogens with zero attached hydrogens (tertiary/aromatic N) is 2. The van der Waals surface area contributed by atoms with Gasteiger partial charge in [0.25, 0.3) is 0 Å². The molecule has 2 aliphatic rings. The molecule has 3 aromatic carbocycles. The minimum Gasteiger partial charge on any atom is -0.356 e. The van der Waals surface area contributed by atoms with Crippen LogP contribution in [-0.2, 0) is 0 Å². The molecule has 2 saturated heterocycles. The molecule has 5 rings (SSSR count). The molecular weight excluding hydrogens is 480 g/mol. The third-order valence-electron chi connectivity index (χ3n) is 5.77. The topological polar surface area (TPSA) is 23.3 Å². The van der Waals surface area contributed by atoms with E-state index in [0.717, 1.165) is 26.9 Å². The molecule has 3 atom stereocenters. The Bertz CT molecular complexity index is 1020. The number of carbonyl (C=O) groups excluding carboxylic acids is 1. The number of fused-ring (bicyclic) bond motifs is 1. The van der Waals surface area contributed by atoms with Crippen LogP contribution in [-0.4, -0.2) is 29.4 Å². The molecular formula is C23H18Br2N2O. The summed E-state index contributed by atoms with van der Waals surface area (Å²) in [4.78, 5) is 18.2. The maximum absolute atomic E-state index is 13.6. The first-order valence-corrected chi connectivity index (χ1v) is 10.8. The van der Waals surface area contributed by atoms with Crippen LogP contribution in [0.5, 0.6) is 0 Å². The maximum atomic E-state index is 13.6. The average Bonchev–Trinajstić information content (AvgIpc) is 3.18. The van der Waals surface area contributed by atoms with Crippen LogP contribution < -0.4 is 4.90 Å². The van der Waals surface area contributed by atoms with Crippen LogP contribution in [0.1, 0.15) is 22.0 Å². The summed E-state index contributed by atoms with van der Waals surface area (Å²) in [6.45, 7) is 1.45. The summed E-state index contributed by atoms with van der Waals surface area (Å²) in [6.07, 6.45) is 0. The first-order valence-electron chi connectivity index (χ1n) is 9.22. The van der Waals surface area contributed by atoms with Crippen LogP contribution in [0.4, 0.5) is 5.69 Å². The molecule has 5 heteroatoms. The monoisotopic (exact) mass is 496 g/mol. The number of ketones is 1. The second kappa shape index (κ2) is 6.83. The standard InChI is InChI=1S/C23H18Br2N2O/c24-18-8-6-16(7-9-18)21-23(22(28)17-4-2-1-3-5-17)14-26(15-27(21)23)20-12-10-19(25)11-13-20/h1-13,21H,14-15H2/t21-,23-,27?/m0/s1. The maximum Gasteiger partial charge on any atom is 0.186 e. The number of hydrogen-bond donors (Lipinski definition) is 0. The molecule has 3 aromatic rings. The van der Waals surface area contributed by atoms with E-state index in [1.807, 2.05) is 42.5 Å². The zero-order valence-corrected chi connectivity index (χ0v) is 18.2. The highest BCUT2D eigenvalue weighted by Crippen LogP contribution is 2.59. The second-order valence-corrected chi connectivity index (χ2v) is 9.19. The van der Waals surface area contributed by atoms with E-state index in [4.69, 9.17) is 0 Å². The van der Waals surface area contributed by atoms with Gasteiger partial charge in [-0.1, -0.05) is 74.3 Å². The number of carbonyl (C=O) groups is 1. The Morgan fingerprint density at radius 3 is 2.11 bits per heavy atom. The quantitative estimate of drug-likeness (QED) is 0.343. The molecule has 28 heavy (non-hydrogen) atoms. The Hall–Kier alpha value is -1.95. The Labute approximate surface area is 181 Å². The smallest absolute Gasteiger partial charge is 0.186 e. The third kappa shape index (κ3) is 2.84. The highest BCUT2D eigenvalue weighted by atomic mass is 79.9. The highest BCUT2D eigenvalue weighted by molar-refractivity contribution is 9.10. The van der Waals surface area contributed by atoms with E-state index in [9.17, 15) is 4.79 Å². The number of Topliss-reactive ketones (excluding diaryl/α,β-unsaturated/α-hetero) is 1. The Balaban J connectivity index is 1.51. The normalized spacial score (nSPS) is 25.4. The van der Waals surface area contributed by atoms with Crippen molar-refractivity contribution < 1.29 is 4.79 Å². The summed E-state index contributed by atoms with van der Waals surface area (Å²) in [5.74, 6) is 0.209. The fourth-order valence-electron chi connectivity index (χ4n) is 4.39. The minimum absolute atomic E-state index is 0.125. The van der Waals surface area contributed by atoms with E-state index in [2.05, 4.69) is 78.1 Å². The zero-order valence-electron chi connectivity index (χ0n) is 15.1. The summed E-state index contributed by atoms with van der Waals surface area (Å²) in [5.41, 5.74) is 2.63. The van der Waals surface area contributed by atoms with Gasteiger partial charge in [-0.2, -0.15) is 0 Å². The van der Waals surface area contributed by atoms with E-state index < -0.39 is 5.54 Å². The number of hydrogen-bond acceptors (Lipinski definition) is 3. The average molecular weight is 498 g/mol. The Morgan fingerprint density at radius 1 is 0.857 bits per heavy atom. The van der Waals surface area contributed by atoms with Gasteiger partial charge in [-0.05, 0) is 42.0 Å². The van der Waals surface area contributed by atoms with E-state index >= 15 is 0 Å². The molecule has 2 fully saturated rings. The lowest BCUT2D eigenvalue weighted by atomic mass is 9.90. The molecule has 2 heterocycles. The third-order valence-corrected chi connectivity index (χ3v) is 6.83. The summed E-state index contributed by atoms with van der Waals surface area (Å²) in [7, 11) is 0. The van der Waals surface area contributed by atoms with Gasteiger partial charge in [-0.3, -0.25) is 9.69 Å². The summed E-state index contributed by atoms with van der Waals surface area (Å²) in [6, 6.07) is 26.5. The van der Waals surface area contributed by atoms with Crippen LogP contribution >= 0.6 is 31.9 Å². The lowest BCUT2D eigenvalue weighted by molar-refractivity contribution is 0.0933. The Kier molecular flexibility index (Phi) is 4.42. The lowest BCUT2D eigenvalue weighted by Gasteiger charge is -2.24. The summed E-state index contributed by atoms with van der Waals surface area (Å²) >= 11 is 7.01. The van der Waals surface area contributed by atoms with Gasteiger partial charge >= 0.3 is 0 Å². The SMILES string of the molecule is O=C(c1ccccc1)[C@@]12CN(c3ccc(Br)cc3)CN1[C@H]2c1ccc(Br)cc1. The molecule has 0 spiro atoms. The summed E-state index contributed by atoms with van der Waals surface area (Å²) < 4.78 is 2.11. The molecule has 140 valence electrons. The van der Waals surface area contributed by atoms with Crippen molar-refractivity contribution >= 4 is 43.3 Å². The van der Waals surface area contributed by atoms with Gasteiger partial charge in [0, 0.05) is 26.7 Å². The molecule has 0 amide bonds. The highest BCUT2D eigenvalue weighted by Gasteiger charge is 2.72. The number of benzene rings is 3. The van der Waals surface area contributed by atoms with Crippen molar-refractivity contribution in [2.45, 2.75) is 11.6 Å². The molecule has 0 N–H and O–H groups in total. The van der Waals surface area contributed by atoms with Crippen molar-refractivity contribution in [3.05, 3.63) is 98.9 Å². The first-order chi connectivity index (χ1) is 13.6. The van der Waals surface area contributed by atoms with Crippen LogP contribution in [0.15, 0.2) is 87.8 Å². The van der Waals surface area contributed by atoms with Crippen molar-refractivity contribution in [1.82, 2.24) is 4.90 Å². The van der Waals surface area contributed by atoms with E-state index in [0.29, 0.717) is 6.54 Å². The lowest BCUT2D eigenvalue weighted by Crippen LogP contribution is -2.35. The van der Waals surface area contributed by atoms with Crippen molar-refractivity contribution in [3.8, 4) is 0 Å². The van der Waals surface area contributed by atoms with E-state index in [-0.39, 0.29) is 11.8 Å². The zero-order chi connectivity index (χ0) is 19.3. The van der Waals surface area contributed by atoms with E-state index in [1.165, 1.54) is 5.56 Å².